The highest BCUT2D eigenvalue weighted by Gasteiger charge is 2.20. The van der Waals surface area contributed by atoms with E-state index < -0.39 is 5.82 Å². The number of amides is 2. The summed E-state index contributed by atoms with van der Waals surface area (Å²) < 4.78 is 19.5. The van der Waals surface area contributed by atoms with Gasteiger partial charge in [-0.3, -0.25) is 0 Å². The van der Waals surface area contributed by atoms with Crippen molar-refractivity contribution >= 4 is 11.7 Å². The van der Waals surface area contributed by atoms with Crippen LogP contribution in [-0.2, 0) is 6.54 Å². The molecule has 1 saturated heterocycles. The molecule has 6 heteroatoms. The SMILES string of the molecule is CCOc1ccc(CN(CCCN2CCCCC2C)C(=O)Nc2ccccc2F)cc1. The Morgan fingerprint density at radius 3 is 2.68 bits per heavy atom. The molecule has 2 aromatic carbocycles. The Balaban J connectivity index is 1.64. The summed E-state index contributed by atoms with van der Waals surface area (Å²) in [7, 11) is 0. The molecule has 2 aromatic rings. The Labute approximate surface area is 185 Å². The number of rotatable bonds is 9. The largest absolute Gasteiger partial charge is 0.494 e. The normalized spacial score (nSPS) is 16.7. The molecule has 1 aliphatic rings. The molecule has 1 unspecified atom stereocenters. The van der Waals surface area contributed by atoms with Crippen molar-refractivity contribution in [2.45, 2.75) is 52.1 Å². The van der Waals surface area contributed by atoms with Crippen LogP contribution in [0.4, 0.5) is 14.9 Å². The van der Waals surface area contributed by atoms with Crippen LogP contribution in [0, 0.1) is 5.82 Å². The molecule has 1 aliphatic heterocycles. The molecule has 2 amide bonds. The number of hydrogen-bond donors (Lipinski definition) is 1. The maximum absolute atomic E-state index is 14.0. The maximum Gasteiger partial charge on any atom is 0.322 e. The van der Waals surface area contributed by atoms with Gasteiger partial charge in [0.25, 0.3) is 0 Å². The van der Waals surface area contributed by atoms with E-state index >= 15 is 0 Å². The zero-order chi connectivity index (χ0) is 22.1. The van der Waals surface area contributed by atoms with Crippen LogP contribution in [0.5, 0.6) is 5.75 Å². The van der Waals surface area contributed by atoms with Crippen LogP contribution < -0.4 is 10.1 Å². The third kappa shape index (κ3) is 6.96. The fraction of sp³-hybridized carbons (Fsp3) is 0.480. The summed E-state index contributed by atoms with van der Waals surface area (Å²) in [5.74, 6) is 0.381. The number of piperidine rings is 1. The first kappa shape index (κ1) is 23.1. The molecule has 0 aliphatic carbocycles. The van der Waals surface area contributed by atoms with Crippen LogP contribution in [0.25, 0.3) is 0 Å². The molecule has 0 aromatic heterocycles. The summed E-state index contributed by atoms with van der Waals surface area (Å²) in [6, 6.07) is 14.4. The summed E-state index contributed by atoms with van der Waals surface area (Å²) in [5, 5.41) is 2.73. The van der Waals surface area contributed by atoms with Crippen LogP contribution in [0.1, 0.15) is 45.1 Å². The number of halogens is 1. The first-order valence-electron chi connectivity index (χ1n) is 11.3. The average Bonchev–Trinajstić information content (AvgIpc) is 2.77. The number of hydrogen-bond acceptors (Lipinski definition) is 3. The van der Waals surface area contributed by atoms with Crippen LogP contribution in [-0.4, -0.2) is 48.1 Å². The van der Waals surface area contributed by atoms with Gasteiger partial charge < -0.3 is 19.9 Å². The lowest BCUT2D eigenvalue weighted by Crippen LogP contribution is -2.40. The van der Waals surface area contributed by atoms with E-state index in [1.54, 1.807) is 23.1 Å². The van der Waals surface area contributed by atoms with E-state index in [0.29, 0.717) is 25.7 Å². The minimum Gasteiger partial charge on any atom is -0.494 e. The van der Waals surface area contributed by atoms with Crippen molar-refractivity contribution in [3.63, 3.8) is 0 Å². The Morgan fingerprint density at radius 1 is 1.19 bits per heavy atom. The minimum absolute atomic E-state index is 0.203. The van der Waals surface area contributed by atoms with Gasteiger partial charge in [-0.05, 0) is 69.5 Å². The fourth-order valence-electron chi connectivity index (χ4n) is 4.04. The lowest BCUT2D eigenvalue weighted by Gasteiger charge is -2.34. The van der Waals surface area contributed by atoms with Gasteiger partial charge in [-0.25, -0.2) is 9.18 Å². The van der Waals surface area contributed by atoms with Crippen LogP contribution in [0.15, 0.2) is 48.5 Å². The number of nitrogens with zero attached hydrogens (tertiary/aromatic N) is 2. The van der Waals surface area contributed by atoms with E-state index in [-0.39, 0.29) is 11.7 Å². The monoisotopic (exact) mass is 427 g/mol. The highest BCUT2D eigenvalue weighted by molar-refractivity contribution is 5.89. The van der Waals surface area contributed by atoms with Crippen molar-refractivity contribution in [1.82, 2.24) is 9.80 Å². The van der Waals surface area contributed by atoms with Gasteiger partial charge in [0.2, 0.25) is 0 Å². The van der Waals surface area contributed by atoms with Crippen molar-refractivity contribution in [3.8, 4) is 5.75 Å². The van der Waals surface area contributed by atoms with E-state index in [4.69, 9.17) is 4.74 Å². The van der Waals surface area contributed by atoms with Gasteiger partial charge in [0.15, 0.2) is 0 Å². The molecular weight excluding hydrogens is 393 g/mol. The van der Waals surface area contributed by atoms with E-state index in [1.807, 2.05) is 31.2 Å². The number of anilines is 1. The molecule has 0 saturated carbocycles. The van der Waals surface area contributed by atoms with Gasteiger partial charge in [0.05, 0.1) is 12.3 Å². The standard InChI is InChI=1S/C25H34FN3O2/c1-3-31-22-14-12-21(13-15-22)19-29(18-8-17-28-16-7-6-9-20(28)2)25(30)27-24-11-5-4-10-23(24)26/h4-5,10-15,20H,3,6-9,16-19H2,1-2H3,(H,27,30). The Hall–Kier alpha value is -2.60. The quantitative estimate of drug-likeness (QED) is 0.573. The molecule has 1 N–H and O–H groups in total. The Morgan fingerprint density at radius 2 is 1.97 bits per heavy atom. The molecule has 168 valence electrons. The molecule has 3 rings (SSSR count). The third-order valence-electron chi connectivity index (χ3n) is 5.82. The van der Waals surface area contributed by atoms with Crippen molar-refractivity contribution in [2.24, 2.45) is 0 Å². The number of urea groups is 1. The van der Waals surface area contributed by atoms with Crippen LogP contribution >= 0.6 is 0 Å². The van der Waals surface area contributed by atoms with Crippen molar-refractivity contribution in [3.05, 3.63) is 59.9 Å². The first-order valence-corrected chi connectivity index (χ1v) is 11.3. The second kappa shape index (κ2) is 11.7. The number of ether oxygens (including phenoxy) is 1. The lowest BCUT2D eigenvalue weighted by molar-refractivity contribution is 0.150. The molecule has 0 spiro atoms. The van der Waals surface area contributed by atoms with Gasteiger partial charge in [-0.2, -0.15) is 0 Å². The molecule has 1 heterocycles. The van der Waals surface area contributed by atoms with Gasteiger partial charge in [0, 0.05) is 25.7 Å². The van der Waals surface area contributed by atoms with Crippen molar-refractivity contribution in [2.75, 3.05) is 31.6 Å². The molecule has 0 bridgehead atoms. The highest BCUT2D eigenvalue weighted by atomic mass is 19.1. The van der Waals surface area contributed by atoms with Gasteiger partial charge in [0.1, 0.15) is 11.6 Å². The van der Waals surface area contributed by atoms with Crippen molar-refractivity contribution in [1.29, 1.82) is 0 Å². The highest BCUT2D eigenvalue weighted by Crippen LogP contribution is 2.19. The summed E-state index contributed by atoms with van der Waals surface area (Å²) in [4.78, 5) is 17.3. The van der Waals surface area contributed by atoms with E-state index in [2.05, 4.69) is 17.1 Å². The zero-order valence-electron chi connectivity index (χ0n) is 18.6. The van der Waals surface area contributed by atoms with E-state index in [9.17, 15) is 9.18 Å². The van der Waals surface area contributed by atoms with Gasteiger partial charge in [-0.1, -0.05) is 30.7 Å². The number of carbonyl (C=O) groups excluding carboxylic acids is 1. The number of benzene rings is 2. The van der Waals surface area contributed by atoms with E-state index in [1.165, 1.54) is 25.3 Å². The predicted molar refractivity (Wildman–Crippen MR) is 123 cm³/mol. The minimum atomic E-state index is -0.431. The molecule has 0 radical (unpaired) electrons. The second-order valence-electron chi connectivity index (χ2n) is 8.14. The molecule has 1 fully saturated rings. The molecule has 5 nitrogen and oxygen atoms in total. The van der Waals surface area contributed by atoms with Crippen LogP contribution in [0.2, 0.25) is 0 Å². The summed E-state index contributed by atoms with van der Waals surface area (Å²) in [6.45, 7) is 8.01. The molecular formula is C25H34FN3O2. The second-order valence-corrected chi connectivity index (χ2v) is 8.14. The van der Waals surface area contributed by atoms with Crippen molar-refractivity contribution < 1.29 is 13.9 Å². The van der Waals surface area contributed by atoms with Gasteiger partial charge in [-0.15, -0.1) is 0 Å². The number of carbonyl (C=O) groups is 1. The summed E-state index contributed by atoms with van der Waals surface area (Å²) >= 11 is 0. The fourth-order valence-corrected chi connectivity index (χ4v) is 4.04. The predicted octanol–water partition coefficient (Wildman–Crippen LogP) is 5.52. The third-order valence-corrected chi connectivity index (χ3v) is 5.82. The number of likely N-dealkylation sites (tertiary alicyclic amines) is 1. The molecule has 1 atom stereocenters. The summed E-state index contributed by atoms with van der Waals surface area (Å²) in [6.07, 6.45) is 4.66. The Bertz CT molecular complexity index is 828. The Kier molecular flexibility index (Phi) is 8.71. The number of para-hydroxylation sites is 1. The average molecular weight is 428 g/mol. The topological polar surface area (TPSA) is 44.8 Å². The first-order chi connectivity index (χ1) is 15.1. The maximum atomic E-state index is 14.0. The van der Waals surface area contributed by atoms with Crippen LogP contribution in [0.3, 0.4) is 0 Å². The smallest absolute Gasteiger partial charge is 0.322 e. The van der Waals surface area contributed by atoms with E-state index in [0.717, 1.165) is 30.8 Å². The molecule has 31 heavy (non-hydrogen) atoms. The zero-order valence-corrected chi connectivity index (χ0v) is 18.6. The lowest BCUT2D eigenvalue weighted by atomic mass is 10.0. The van der Waals surface area contributed by atoms with Gasteiger partial charge >= 0.3 is 6.03 Å². The summed E-state index contributed by atoms with van der Waals surface area (Å²) in [5.41, 5.74) is 1.22. The number of nitrogens with one attached hydrogen (secondary N) is 1.